The first-order valence-electron chi connectivity index (χ1n) is 7.55. The predicted octanol–water partition coefficient (Wildman–Crippen LogP) is 1.90. The van der Waals surface area contributed by atoms with Crippen molar-refractivity contribution in [1.29, 1.82) is 0 Å². The number of nitrogens with one attached hydrogen (secondary N) is 1. The average Bonchev–Trinajstić information content (AvgIpc) is 3.18. The maximum Gasteiger partial charge on any atom is 0.108 e. The molecule has 3 rings (SSSR count). The molecule has 4 nitrogen and oxygen atoms in total. The van der Waals surface area contributed by atoms with E-state index in [-0.39, 0.29) is 0 Å². The van der Waals surface area contributed by atoms with Crippen LogP contribution < -0.4 is 5.32 Å². The largest absolute Gasteiger partial charge is 0.381 e. The minimum atomic E-state index is 0.326. The summed E-state index contributed by atoms with van der Waals surface area (Å²) in [6, 6.07) is 0.784. The van der Waals surface area contributed by atoms with Gasteiger partial charge in [-0.05, 0) is 32.1 Å². The molecular weight excluding hydrogens is 238 g/mol. The van der Waals surface area contributed by atoms with Crippen LogP contribution in [0.3, 0.4) is 0 Å². The van der Waals surface area contributed by atoms with Crippen LogP contribution in [0.2, 0.25) is 0 Å². The summed E-state index contributed by atoms with van der Waals surface area (Å²) >= 11 is 0. The Hall–Kier alpha value is -0.870. The van der Waals surface area contributed by atoms with Crippen molar-refractivity contribution in [2.75, 3.05) is 19.8 Å². The fourth-order valence-corrected chi connectivity index (χ4v) is 3.00. The number of rotatable bonds is 6. The minimum absolute atomic E-state index is 0.326. The number of hydrogen-bond donors (Lipinski definition) is 1. The highest BCUT2D eigenvalue weighted by Crippen LogP contribution is 2.34. The third-order valence-electron chi connectivity index (χ3n) is 4.55. The molecule has 2 heterocycles. The molecule has 1 unspecified atom stereocenters. The molecule has 1 atom stereocenters. The molecule has 0 radical (unpaired) electrons. The zero-order chi connectivity index (χ0) is 13.1. The van der Waals surface area contributed by atoms with E-state index in [1.807, 2.05) is 12.4 Å². The molecule has 4 heteroatoms. The Balaban J connectivity index is 1.59. The average molecular weight is 263 g/mol. The van der Waals surface area contributed by atoms with Gasteiger partial charge in [-0.15, -0.1) is 0 Å². The van der Waals surface area contributed by atoms with Gasteiger partial charge in [0.05, 0.1) is 6.61 Å². The van der Waals surface area contributed by atoms with Crippen molar-refractivity contribution in [2.45, 2.75) is 44.6 Å². The van der Waals surface area contributed by atoms with Crippen molar-refractivity contribution in [3.63, 3.8) is 0 Å². The van der Waals surface area contributed by atoms with Gasteiger partial charge in [0, 0.05) is 50.5 Å². The van der Waals surface area contributed by atoms with E-state index in [4.69, 9.17) is 4.74 Å². The first-order valence-corrected chi connectivity index (χ1v) is 7.55. The van der Waals surface area contributed by atoms with Gasteiger partial charge in [0.15, 0.2) is 0 Å². The molecular formula is C15H25N3O. The Morgan fingerprint density at radius 3 is 3.05 bits per heavy atom. The van der Waals surface area contributed by atoms with Crippen molar-refractivity contribution in [1.82, 2.24) is 14.9 Å². The normalized spacial score (nSPS) is 27.6. The summed E-state index contributed by atoms with van der Waals surface area (Å²) in [5.41, 5.74) is 0.326. The Bertz CT molecular complexity index is 405. The number of aromatic nitrogens is 2. The standard InChI is InChI=1S/C15H25N3O/c1-18-9-8-16-14(18)5-7-15(6-2-10-19-12-15)11-17-13-3-4-13/h8-9,13,17H,2-7,10-12H2,1H3. The summed E-state index contributed by atoms with van der Waals surface area (Å²) in [4.78, 5) is 4.44. The van der Waals surface area contributed by atoms with Crippen LogP contribution in [0.5, 0.6) is 0 Å². The second-order valence-corrected chi connectivity index (χ2v) is 6.27. The van der Waals surface area contributed by atoms with Gasteiger partial charge >= 0.3 is 0 Å². The molecule has 1 aromatic heterocycles. The number of aryl methyl sites for hydroxylation is 2. The Labute approximate surface area is 115 Å². The zero-order valence-electron chi connectivity index (χ0n) is 11.9. The molecule has 1 aliphatic carbocycles. The smallest absolute Gasteiger partial charge is 0.108 e. The molecule has 19 heavy (non-hydrogen) atoms. The molecule has 1 saturated carbocycles. The van der Waals surface area contributed by atoms with Crippen LogP contribution in [-0.2, 0) is 18.2 Å². The molecule has 2 aliphatic rings. The van der Waals surface area contributed by atoms with Crippen molar-refractivity contribution in [2.24, 2.45) is 12.5 Å². The SMILES string of the molecule is Cn1ccnc1CCC1(CNC2CC2)CCCOC1. The van der Waals surface area contributed by atoms with Crippen LogP contribution >= 0.6 is 0 Å². The Kier molecular flexibility index (Phi) is 3.89. The van der Waals surface area contributed by atoms with Gasteiger partial charge in [-0.25, -0.2) is 4.98 Å². The highest BCUT2D eigenvalue weighted by Gasteiger charge is 2.34. The first-order chi connectivity index (χ1) is 9.27. The van der Waals surface area contributed by atoms with Gasteiger partial charge < -0.3 is 14.6 Å². The number of imidazole rings is 1. The van der Waals surface area contributed by atoms with Crippen LogP contribution in [0.15, 0.2) is 12.4 Å². The second-order valence-electron chi connectivity index (χ2n) is 6.27. The van der Waals surface area contributed by atoms with E-state index in [1.165, 1.54) is 37.9 Å². The lowest BCUT2D eigenvalue weighted by Gasteiger charge is -2.37. The van der Waals surface area contributed by atoms with E-state index in [2.05, 4.69) is 21.9 Å². The van der Waals surface area contributed by atoms with E-state index in [0.717, 1.165) is 32.2 Å². The molecule has 0 amide bonds. The fourth-order valence-electron chi connectivity index (χ4n) is 3.00. The fraction of sp³-hybridized carbons (Fsp3) is 0.800. The summed E-state index contributed by atoms with van der Waals surface area (Å²) in [6.45, 7) is 2.97. The third-order valence-corrected chi connectivity index (χ3v) is 4.55. The van der Waals surface area contributed by atoms with Gasteiger partial charge in [-0.1, -0.05) is 0 Å². The molecule has 0 bridgehead atoms. The van der Waals surface area contributed by atoms with Crippen LogP contribution in [0, 0.1) is 5.41 Å². The van der Waals surface area contributed by atoms with Gasteiger partial charge in [0.25, 0.3) is 0 Å². The highest BCUT2D eigenvalue weighted by molar-refractivity contribution is 4.95. The van der Waals surface area contributed by atoms with Gasteiger partial charge in [0.2, 0.25) is 0 Å². The molecule has 0 aromatic carbocycles. The maximum absolute atomic E-state index is 5.77. The summed E-state index contributed by atoms with van der Waals surface area (Å²) < 4.78 is 7.90. The maximum atomic E-state index is 5.77. The Morgan fingerprint density at radius 1 is 1.53 bits per heavy atom. The van der Waals surface area contributed by atoms with Gasteiger partial charge in [-0.2, -0.15) is 0 Å². The molecule has 106 valence electrons. The molecule has 1 N–H and O–H groups in total. The van der Waals surface area contributed by atoms with E-state index in [9.17, 15) is 0 Å². The van der Waals surface area contributed by atoms with Crippen LogP contribution in [0.4, 0.5) is 0 Å². The number of hydrogen-bond acceptors (Lipinski definition) is 3. The van der Waals surface area contributed by atoms with E-state index < -0.39 is 0 Å². The molecule has 1 saturated heterocycles. The zero-order valence-corrected chi connectivity index (χ0v) is 11.9. The van der Waals surface area contributed by atoms with E-state index in [1.54, 1.807) is 0 Å². The summed E-state index contributed by atoms with van der Waals surface area (Å²) in [7, 11) is 2.08. The monoisotopic (exact) mass is 263 g/mol. The minimum Gasteiger partial charge on any atom is -0.381 e. The molecule has 0 spiro atoms. The van der Waals surface area contributed by atoms with Crippen LogP contribution in [0.25, 0.3) is 0 Å². The van der Waals surface area contributed by atoms with Crippen molar-refractivity contribution < 1.29 is 4.74 Å². The van der Waals surface area contributed by atoms with Gasteiger partial charge in [0.1, 0.15) is 5.82 Å². The summed E-state index contributed by atoms with van der Waals surface area (Å²) in [6.07, 6.45) is 11.4. The van der Waals surface area contributed by atoms with Crippen LogP contribution in [0.1, 0.15) is 37.9 Å². The van der Waals surface area contributed by atoms with Crippen molar-refractivity contribution in [3.8, 4) is 0 Å². The molecule has 2 fully saturated rings. The number of ether oxygens (including phenoxy) is 1. The lowest BCUT2D eigenvalue weighted by molar-refractivity contribution is -0.0123. The Morgan fingerprint density at radius 2 is 2.42 bits per heavy atom. The second kappa shape index (κ2) is 5.63. The van der Waals surface area contributed by atoms with E-state index >= 15 is 0 Å². The third kappa shape index (κ3) is 3.37. The summed E-state index contributed by atoms with van der Waals surface area (Å²) in [5.74, 6) is 1.19. The van der Waals surface area contributed by atoms with Crippen molar-refractivity contribution >= 4 is 0 Å². The predicted molar refractivity (Wildman–Crippen MR) is 75.0 cm³/mol. The topological polar surface area (TPSA) is 39.1 Å². The lowest BCUT2D eigenvalue weighted by atomic mass is 9.78. The summed E-state index contributed by atoms with van der Waals surface area (Å²) in [5, 5.41) is 3.70. The quantitative estimate of drug-likeness (QED) is 0.852. The molecule has 1 aromatic rings. The number of nitrogens with zero attached hydrogens (tertiary/aromatic N) is 2. The van der Waals surface area contributed by atoms with Gasteiger partial charge in [-0.3, -0.25) is 0 Å². The lowest BCUT2D eigenvalue weighted by Crippen LogP contribution is -2.42. The first kappa shape index (κ1) is 13.1. The highest BCUT2D eigenvalue weighted by atomic mass is 16.5. The molecule has 1 aliphatic heterocycles. The van der Waals surface area contributed by atoms with Crippen molar-refractivity contribution in [3.05, 3.63) is 18.2 Å². The van der Waals surface area contributed by atoms with Crippen LogP contribution in [-0.4, -0.2) is 35.4 Å². The van der Waals surface area contributed by atoms with E-state index in [0.29, 0.717) is 5.41 Å².